The van der Waals surface area contributed by atoms with E-state index in [4.69, 9.17) is 30.5 Å². The van der Waals surface area contributed by atoms with E-state index in [0.717, 1.165) is 0 Å². The molecule has 0 saturated heterocycles. The minimum Gasteiger partial charge on any atom is -0.455 e. The summed E-state index contributed by atoms with van der Waals surface area (Å²) in [4.78, 5) is 37.6. The summed E-state index contributed by atoms with van der Waals surface area (Å²) in [6.45, 7) is 16.6. The highest BCUT2D eigenvalue weighted by molar-refractivity contribution is 6.21. The summed E-state index contributed by atoms with van der Waals surface area (Å²) in [6.07, 6.45) is -1.58. The molecule has 1 rings (SSSR count). The molecule has 38 heavy (non-hydrogen) atoms. The third-order valence-electron chi connectivity index (χ3n) is 7.32. The van der Waals surface area contributed by atoms with Crippen LogP contribution in [0.5, 0.6) is 0 Å². The molecule has 0 aromatic heterocycles. The molecule has 0 bridgehead atoms. The zero-order chi connectivity index (χ0) is 29.6. The van der Waals surface area contributed by atoms with Crippen LogP contribution < -0.4 is 0 Å². The lowest BCUT2D eigenvalue weighted by molar-refractivity contribution is -0.203. The molecule has 1 fully saturated rings. The first kappa shape index (κ1) is 33.8. The van der Waals surface area contributed by atoms with E-state index in [1.54, 1.807) is 53.7 Å². The summed E-state index contributed by atoms with van der Waals surface area (Å²) in [5.41, 5.74) is -1.82. The van der Waals surface area contributed by atoms with Gasteiger partial charge in [-0.15, -0.1) is 11.6 Å². The normalized spacial score (nSPS) is 28.2. The predicted molar refractivity (Wildman–Crippen MR) is 143 cm³/mol. The number of halogens is 1. The molecule has 1 aliphatic carbocycles. The quantitative estimate of drug-likeness (QED) is 0.128. The van der Waals surface area contributed by atoms with Gasteiger partial charge in [-0.1, -0.05) is 18.7 Å². The standard InChI is InChI=1S/C28H43ClO9/c1-11-15(3)25(32)37-20(14-22(31)27(7,8)35-10)17(5)19-13-21(29)28(9,34)24(36-18(6)30)23(19)38-26(33)16(4)12-2/h11-12,19-24,31,34H,5,13-14H2,1-4,6-10H3. The zero-order valence-electron chi connectivity index (χ0n) is 23.9. The fourth-order valence-electron chi connectivity index (χ4n) is 4.00. The van der Waals surface area contributed by atoms with Crippen molar-refractivity contribution in [1.82, 2.24) is 0 Å². The maximum absolute atomic E-state index is 12.8. The summed E-state index contributed by atoms with van der Waals surface area (Å²) >= 11 is 6.58. The Morgan fingerprint density at radius 1 is 1.11 bits per heavy atom. The van der Waals surface area contributed by atoms with E-state index >= 15 is 0 Å². The molecule has 0 amide bonds. The van der Waals surface area contributed by atoms with Gasteiger partial charge in [-0.3, -0.25) is 4.79 Å². The molecule has 7 unspecified atom stereocenters. The van der Waals surface area contributed by atoms with Gasteiger partial charge >= 0.3 is 17.9 Å². The van der Waals surface area contributed by atoms with Gasteiger partial charge in [0.2, 0.25) is 0 Å². The minimum absolute atomic E-state index is 0.0540. The van der Waals surface area contributed by atoms with Gasteiger partial charge < -0.3 is 29.2 Å². The summed E-state index contributed by atoms with van der Waals surface area (Å²) in [5, 5.41) is 21.2. The highest BCUT2D eigenvalue weighted by atomic mass is 35.5. The minimum atomic E-state index is -1.76. The number of carbonyl (C=O) groups is 3. The van der Waals surface area contributed by atoms with Crippen LogP contribution in [0, 0.1) is 5.92 Å². The molecule has 0 heterocycles. The van der Waals surface area contributed by atoms with Crippen LogP contribution in [0.1, 0.15) is 68.2 Å². The van der Waals surface area contributed by atoms with E-state index < -0.39 is 64.8 Å². The second-order valence-corrected chi connectivity index (χ2v) is 10.9. The summed E-state index contributed by atoms with van der Waals surface area (Å²) < 4.78 is 22.4. The lowest BCUT2D eigenvalue weighted by Gasteiger charge is -2.48. The number of methoxy groups -OCH3 is 1. The van der Waals surface area contributed by atoms with E-state index in [1.165, 1.54) is 21.0 Å². The van der Waals surface area contributed by atoms with E-state index in [2.05, 4.69) is 6.58 Å². The Morgan fingerprint density at radius 3 is 2.11 bits per heavy atom. The first-order valence-corrected chi connectivity index (χ1v) is 13.0. The lowest BCUT2D eigenvalue weighted by Crippen LogP contribution is -2.63. The third kappa shape index (κ3) is 8.15. The molecule has 7 atom stereocenters. The van der Waals surface area contributed by atoms with Crippen molar-refractivity contribution in [3.8, 4) is 0 Å². The van der Waals surface area contributed by atoms with Gasteiger partial charge in [0, 0.05) is 37.5 Å². The molecule has 2 N–H and O–H groups in total. The summed E-state index contributed by atoms with van der Waals surface area (Å²) in [7, 11) is 1.45. The molecular weight excluding hydrogens is 516 g/mol. The van der Waals surface area contributed by atoms with Crippen molar-refractivity contribution < 1.29 is 43.5 Å². The van der Waals surface area contributed by atoms with Crippen molar-refractivity contribution >= 4 is 29.5 Å². The van der Waals surface area contributed by atoms with E-state index in [1.807, 2.05) is 0 Å². The monoisotopic (exact) mass is 558 g/mol. The van der Waals surface area contributed by atoms with Crippen molar-refractivity contribution in [2.75, 3.05) is 7.11 Å². The first-order valence-electron chi connectivity index (χ1n) is 12.6. The second kappa shape index (κ2) is 13.7. The third-order valence-corrected chi connectivity index (χ3v) is 7.94. The number of aliphatic hydroxyl groups is 2. The molecular formula is C28H43ClO9. The Bertz CT molecular complexity index is 950. The number of rotatable bonds is 11. The predicted octanol–water partition coefficient (Wildman–Crippen LogP) is 3.78. The fraction of sp³-hybridized carbons (Fsp3) is 0.679. The number of allylic oxidation sites excluding steroid dienone is 2. The molecule has 0 aromatic rings. The van der Waals surface area contributed by atoms with Gasteiger partial charge in [-0.2, -0.15) is 0 Å². The lowest BCUT2D eigenvalue weighted by atomic mass is 9.70. The summed E-state index contributed by atoms with van der Waals surface area (Å²) in [6, 6.07) is 0. The maximum atomic E-state index is 12.8. The summed E-state index contributed by atoms with van der Waals surface area (Å²) in [5.74, 6) is -2.83. The number of carbonyl (C=O) groups excluding carboxylic acids is 3. The molecule has 0 radical (unpaired) electrons. The maximum Gasteiger partial charge on any atom is 0.333 e. The van der Waals surface area contributed by atoms with Crippen LogP contribution in [-0.2, 0) is 33.3 Å². The van der Waals surface area contributed by atoms with Crippen LogP contribution in [-0.4, -0.2) is 76.2 Å². The highest BCUT2D eigenvalue weighted by Gasteiger charge is 2.56. The average Bonchev–Trinajstić information content (AvgIpc) is 2.85. The molecule has 0 aliphatic heterocycles. The van der Waals surface area contributed by atoms with Crippen LogP contribution in [0.15, 0.2) is 35.5 Å². The van der Waals surface area contributed by atoms with Gasteiger partial charge in [0.15, 0.2) is 6.10 Å². The Morgan fingerprint density at radius 2 is 1.63 bits per heavy atom. The van der Waals surface area contributed by atoms with E-state index in [0.29, 0.717) is 11.1 Å². The molecule has 0 spiro atoms. The number of aliphatic hydroxyl groups excluding tert-OH is 1. The van der Waals surface area contributed by atoms with Crippen molar-refractivity contribution in [2.24, 2.45) is 5.92 Å². The number of ether oxygens (including phenoxy) is 4. The van der Waals surface area contributed by atoms with Gasteiger partial charge in [-0.05, 0) is 60.5 Å². The molecule has 1 saturated carbocycles. The Balaban J connectivity index is 3.62. The van der Waals surface area contributed by atoms with Crippen molar-refractivity contribution in [3.05, 3.63) is 35.5 Å². The van der Waals surface area contributed by atoms with Crippen LogP contribution in [0.2, 0.25) is 0 Å². The van der Waals surface area contributed by atoms with Gasteiger partial charge in [-0.25, -0.2) is 9.59 Å². The average molecular weight is 559 g/mol. The zero-order valence-corrected chi connectivity index (χ0v) is 24.6. The van der Waals surface area contributed by atoms with Crippen LogP contribution in [0.3, 0.4) is 0 Å². The molecule has 9 nitrogen and oxygen atoms in total. The second-order valence-electron chi connectivity index (χ2n) is 10.4. The van der Waals surface area contributed by atoms with Gasteiger partial charge in [0.1, 0.15) is 17.8 Å². The number of hydrogen-bond donors (Lipinski definition) is 2. The molecule has 1 aliphatic rings. The Hall–Kier alpha value is -2.20. The topological polar surface area (TPSA) is 129 Å². The number of alkyl halides is 1. The van der Waals surface area contributed by atoms with Crippen LogP contribution in [0.25, 0.3) is 0 Å². The largest absolute Gasteiger partial charge is 0.455 e. The molecule has 216 valence electrons. The Kier molecular flexibility index (Phi) is 12.2. The molecule has 10 heteroatoms. The van der Waals surface area contributed by atoms with Crippen LogP contribution >= 0.6 is 11.6 Å². The van der Waals surface area contributed by atoms with Crippen molar-refractivity contribution in [3.63, 3.8) is 0 Å². The van der Waals surface area contributed by atoms with Gasteiger partial charge in [0.05, 0.1) is 17.1 Å². The fourth-order valence-corrected chi connectivity index (χ4v) is 4.32. The number of hydrogen-bond acceptors (Lipinski definition) is 9. The first-order chi connectivity index (χ1) is 17.4. The van der Waals surface area contributed by atoms with Gasteiger partial charge in [0.25, 0.3) is 0 Å². The van der Waals surface area contributed by atoms with E-state index in [-0.39, 0.29) is 18.4 Å². The highest BCUT2D eigenvalue weighted by Crippen LogP contribution is 2.44. The number of esters is 3. The SMILES string of the molecule is C=C(C(CC(O)C(C)(C)OC)OC(=O)C(C)=CC)C1CC(Cl)C(C)(O)C(OC(C)=O)C1OC(=O)C(C)=CC. The Labute approximate surface area is 230 Å². The van der Waals surface area contributed by atoms with Crippen molar-refractivity contribution in [2.45, 2.75) is 109 Å². The van der Waals surface area contributed by atoms with Crippen molar-refractivity contribution in [1.29, 1.82) is 0 Å². The smallest absolute Gasteiger partial charge is 0.333 e. The molecule has 0 aromatic carbocycles. The van der Waals surface area contributed by atoms with Crippen LogP contribution in [0.4, 0.5) is 0 Å². The van der Waals surface area contributed by atoms with E-state index in [9.17, 15) is 24.6 Å².